The summed E-state index contributed by atoms with van der Waals surface area (Å²) in [7, 11) is -3.93. The Bertz CT molecular complexity index is 1070. The average Bonchev–Trinajstić information content (AvgIpc) is 3.12. The Kier molecular flexibility index (Phi) is 4.76. The van der Waals surface area contributed by atoms with Gasteiger partial charge in [0.25, 0.3) is 15.9 Å². The summed E-state index contributed by atoms with van der Waals surface area (Å²) in [6.07, 6.45) is 0.620. The van der Waals surface area contributed by atoms with Crippen molar-refractivity contribution in [1.82, 2.24) is 10.2 Å². The maximum Gasteiger partial charge on any atom is 0.265 e. The number of piperazine rings is 1. The number of benzene rings is 2. The average molecular weight is 420 g/mol. The van der Waals surface area contributed by atoms with Gasteiger partial charge in [0, 0.05) is 25.2 Å². The third-order valence-corrected chi connectivity index (χ3v) is 7.21. The summed E-state index contributed by atoms with van der Waals surface area (Å²) in [5.41, 5.74) is 1.77. The number of fused-ring (bicyclic) bond motifs is 1. The number of hydrogen-bond acceptors (Lipinski definition) is 4. The van der Waals surface area contributed by atoms with Crippen LogP contribution in [0.3, 0.4) is 0 Å². The van der Waals surface area contributed by atoms with Crippen molar-refractivity contribution in [1.29, 1.82) is 0 Å². The Morgan fingerprint density at radius 2 is 1.89 bits per heavy atom. The molecule has 28 heavy (non-hydrogen) atoms. The first-order chi connectivity index (χ1) is 13.4. The lowest BCUT2D eigenvalue weighted by molar-refractivity contribution is -0.123. The zero-order valence-electron chi connectivity index (χ0n) is 14.9. The van der Waals surface area contributed by atoms with Crippen LogP contribution in [0.15, 0.2) is 47.4 Å². The minimum atomic E-state index is -3.93. The standard InChI is InChI=1S/C19H18ClN3O4S/c20-15-6-5-14(19(25)22-10-8-21-18(24)12-22)11-17(15)28(26,27)23-9-7-13-3-1-2-4-16(13)23/h1-6,11H,7-10,12H2,(H,21,24). The third-order valence-electron chi connectivity index (χ3n) is 4.92. The van der Waals surface area contributed by atoms with E-state index >= 15 is 0 Å². The normalized spacial score (nSPS) is 16.7. The molecule has 0 spiro atoms. The molecule has 0 unspecified atom stereocenters. The van der Waals surface area contributed by atoms with Crippen LogP contribution in [-0.2, 0) is 21.2 Å². The van der Waals surface area contributed by atoms with Gasteiger partial charge in [-0.2, -0.15) is 0 Å². The molecule has 4 rings (SSSR count). The number of nitrogens with one attached hydrogen (secondary N) is 1. The number of anilines is 1. The highest BCUT2D eigenvalue weighted by Gasteiger charge is 2.33. The van der Waals surface area contributed by atoms with Crippen LogP contribution in [0.2, 0.25) is 5.02 Å². The molecule has 1 fully saturated rings. The van der Waals surface area contributed by atoms with Crippen molar-refractivity contribution in [2.24, 2.45) is 0 Å². The van der Waals surface area contributed by atoms with Crippen LogP contribution in [0.4, 0.5) is 5.69 Å². The predicted molar refractivity (Wildman–Crippen MR) is 105 cm³/mol. The Balaban J connectivity index is 1.69. The fraction of sp³-hybridized carbons (Fsp3) is 0.263. The van der Waals surface area contributed by atoms with E-state index < -0.39 is 15.9 Å². The summed E-state index contributed by atoms with van der Waals surface area (Å²) in [5.74, 6) is -0.639. The predicted octanol–water partition coefficient (Wildman–Crippen LogP) is 1.66. The van der Waals surface area contributed by atoms with Gasteiger partial charge in [0.1, 0.15) is 4.90 Å². The molecule has 0 aromatic heterocycles. The van der Waals surface area contributed by atoms with E-state index in [4.69, 9.17) is 11.6 Å². The van der Waals surface area contributed by atoms with Crippen LogP contribution in [0.1, 0.15) is 15.9 Å². The number of rotatable bonds is 3. The molecule has 0 radical (unpaired) electrons. The lowest BCUT2D eigenvalue weighted by Crippen LogP contribution is -2.50. The number of carbonyl (C=O) groups excluding carboxylic acids is 2. The number of para-hydroxylation sites is 1. The molecule has 0 bridgehead atoms. The molecular weight excluding hydrogens is 402 g/mol. The second-order valence-corrected chi connectivity index (χ2v) is 8.92. The van der Waals surface area contributed by atoms with E-state index in [9.17, 15) is 18.0 Å². The summed E-state index contributed by atoms with van der Waals surface area (Å²) in [6.45, 7) is 1.01. The molecule has 2 aromatic rings. The van der Waals surface area contributed by atoms with Gasteiger partial charge in [-0.05, 0) is 36.2 Å². The first-order valence-electron chi connectivity index (χ1n) is 8.84. The van der Waals surface area contributed by atoms with E-state index in [1.807, 2.05) is 12.1 Å². The maximum absolute atomic E-state index is 13.3. The molecular formula is C19H18ClN3O4S. The van der Waals surface area contributed by atoms with Crippen LogP contribution in [0.25, 0.3) is 0 Å². The number of hydrogen-bond donors (Lipinski definition) is 1. The van der Waals surface area contributed by atoms with Crippen LogP contribution in [0.5, 0.6) is 0 Å². The Morgan fingerprint density at radius 1 is 1.11 bits per heavy atom. The summed E-state index contributed by atoms with van der Waals surface area (Å²) < 4.78 is 27.9. The fourth-order valence-corrected chi connectivity index (χ4v) is 5.51. The highest BCUT2D eigenvalue weighted by Crippen LogP contribution is 2.35. The highest BCUT2D eigenvalue weighted by molar-refractivity contribution is 7.93. The highest BCUT2D eigenvalue weighted by atomic mass is 35.5. The van der Waals surface area contributed by atoms with Crippen LogP contribution in [-0.4, -0.2) is 51.3 Å². The van der Waals surface area contributed by atoms with E-state index in [1.165, 1.54) is 27.4 Å². The quantitative estimate of drug-likeness (QED) is 0.819. The van der Waals surface area contributed by atoms with Gasteiger partial charge < -0.3 is 10.2 Å². The molecule has 0 aliphatic carbocycles. The van der Waals surface area contributed by atoms with E-state index in [-0.39, 0.29) is 27.9 Å². The topological polar surface area (TPSA) is 86.8 Å². The molecule has 2 aliphatic rings. The zero-order valence-corrected chi connectivity index (χ0v) is 16.5. The Labute approximate surface area is 167 Å². The van der Waals surface area contributed by atoms with Gasteiger partial charge in [0.2, 0.25) is 5.91 Å². The zero-order chi connectivity index (χ0) is 19.9. The summed E-state index contributed by atoms with van der Waals surface area (Å²) in [6, 6.07) is 11.5. The van der Waals surface area contributed by atoms with Crippen molar-refractivity contribution in [3.05, 3.63) is 58.6 Å². The van der Waals surface area contributed by atoms with E-state index in [2.05, 4.69) is 5.32 Å². The number of nitrogens with zero attached hydrogens (tertiary/aromatic N) is 2. The lowest BCUT2D eigenvalue weighted by Gasteiger charge is -2.27. The van der Waals surface area contributed by atoms with Crippen molar-refractivity contribution < 1.29 is 18.0 Å². The van der Waals surface area contributed by atoms with Crippen molar-refractivity contribution >= 4 is 39.1 Å². The minimum Gasteiger partial charge on any atom is -0.353 e. The van der Waals surface area contributed by atoms with Crippen LogP contribution in [0, 0.1) is 0 Å². The molecule has 2 amide bonds. The maximum atomic E-state index is 13.3. The molecule has 1 N–H and O–H groups in total. The smallest absolute Gasteiger partial charge is 0.265 e. The fourth-order valence-electron chi connectivity index (χ4n) is 3.50. The Hall–Kier alpha value is -2.58. The van der Waals surface area contributed by atoms with Crippen molar-refractivity contribution in [3.63, 3.8) is 0 Å². The Morgan fingerprint density at radius 3 is 2.68 bits per heavy atom. The van der Waals surface area contributed by atoms with Crippen LogP contribution >= 0.6 is 11.6 Å². The van der Waals surface area contributed by atoms with Crippen LogP contribution < -0.4 is 9.62 Å². The summed E-state index contributed by atoms with van der Waals surface area (Å²) in [5, 5.41) is 2.71. The number of carbonyl (C=O) groups is 2. The van der Waals surface area contributed by atoms with Gasteiger partial charge >= 0.3 is 0 Å². The van der Waals surface area contributed by atoms with Gasteiger partial charge in [-0.15, -0.1) is 0 Å². The molecule has 2 aromatic carbocycles. The molecule has 0 saturated carbocycles. The van der Waals surface area contributed by atoms with Crippen molar-refractivity contribution in [2.75, 3.05) is 30.5 Å². The first kappa shape index (κ1) is 18.8. The lowest BCUT2D eigenvalue weighted by atomic mass is 10.2. The summed E-state index contributed by atoms with van der Waals surface area (Å²) in [4.78, 5) is 25.6. The molecule has 7 nitrogen and oxygen atoms in total. The van der Waals surface area contributed by atoms with Gasteiger partial charge in [0.15, 0.2) is 0 Å². The van der Waals surface area contributed by atoms with Crippen molar-refractivity contribution in [2.45, 2.75) is 11.3 Å². The molecule has 9 heteroatoms. The van der Waals surface area contributed by atoms with E-state index in [0.29, 0.717) is 31.7 Å². The first-order valence-corrected chi connectivity index (χ1v) is 10.7. The third kappa shape index (κ3) is 3.22. The molecule has 2 aliphatic heterocycles. The largest absolute Gasteiger partial charge is 0.353 e. The molecule has 0 atom stereocenters. The van der Waals surface area contributed by atoms with Gasteiger partial charge in [-0.1, -0.05) is 29.8 Å². The number of halogens is 1. The van der Waals surface area contributed by atoms with E-state index in [1.54, 1.807) is 12.1 Å². The summed E-state index contributed by atoms with van der Waals surface area (Å²) >= 11 is 6.21. The number of sulfonamides is 1. The monoisotopic (exact) mass is 419 g/mol. The molecule has 146 valence electrons. The number of amides is 2. The SMILES string of the molecule is O=C1CN(C(=O)c2ccc(Cl)c(S(=O)(=O)N3CCc4ccccc43)c2)CCN1. The second kappa shape index (κ2) is 7.10. The van der Waals surface area contributed by atoms with Gasteiger partial charge in [0.05, 0.1) is 17.3 Å². The second-order valence-electron chi connectivity index (χ2n) is 6.68. The molecule has 1 saturated heterocycles. The van der Waals surface area contributed by atoms with E-state index in [0.717, 1.165) is 5.56 Å². The molecule has 2 heterocycles. The van der Waals surface area contributed by atoms with Crippen molar-refractivity contribution in [3.8, 4) is 0 Å². The minimum absolute atomic E-state index is 0.0525. The van der Waals surface area contributed by atoms with Gasteiger partial charge in [-0.3, -0.25) is 13.9 Å². The van der Waals surface area contributed by atoms with Gasteiger partial charge in [-0.25, -0.2) is 8.42 Å².